The molecule has 0 saturated carbocycles. The van der Waals surface area contributed by atoms with Gasteiger partial charge in [0.1, 0.15) is 5.82 Å². The second-order valence-electron chi connectivity index (χ2n) is 3.18. The highest BCUT2D eigenvalue weighted by Gasteiger charge is 2.04. The summed E-state index contributed by atoms with van der Waals surface area (Å²) in [7, 11) is 1.77. The van der Waals surface area contributed by atoms with E-state index in [0.29, 0.717) is 18.3 Å². The van der Waals surface area contributed by atoms with Crippen LogP contribution >= 0.6 is 0 Å². The lowest BCUT2D eigenvalue weighted by molar-refractivity contribution is 0.411. The maximum absolute atomic E-state index is 4.63. The molecule has 0 fully saturated rings. The van der Waals surface area contributed by atoms with Crippen LogP contribution in [0.2, 0.25) is 0 Å². The lowest BCUT2D eigenvalue weighted by Crippen LogP contribution is -2.07. The minimum absolute atomic E-state index is 0.470. The van der Waals surface area contributed by atoms with E-state index in [-0.39, 0.29) is 0 Å². The molecule has 2 heterocycles. The van der Waals surface area contributed by atoms with Gasteiger partial charge in [0.15, 0.2) is 5.82 Å². The average Bonchev–Trinajstić information content (AvgIpc) is 2.81. The summed E-state index contributed by atoms with van der Waals surface area (Å²) in [6.07, 6.45) is 3.04. The van der Waals surface area contributed by atoms with Gasteiger partial charge in [0.2, 0.25) is 12.3 Å². The topological polar surface area (TPSA) is 88.8 Å². The van der Waals surface area contributed by atoms with Crippen molar-refractivity contribution in [2.45, 2.75) is 13.5 Å². The number of anilines is 2. The van der Waals surface area contributed by atoms with E-state index in [2.05, 4.69) is 35.3 Å². The van der Waals surface area contributed by atoms with Crippen LogP contribution in [0.15, 0.2) is 17.1 Å². The standard InChI is InChI=1S/C9H12N6O/c1-6-3-12-9(10-2)14-8(6)11-4-7-13-5-16-15-7/h3,5H,4H2,1-2H3,(H2,10,11,12,14). The van der Waals surface area contributed by atoms with Gasteiger partial charge in [-0.1, -0.05) is 5.16 Å². The molecule has 16 heavy (non-hydrogen) atoms. The van der Waals surface area contributed by atoms with Gasteiger partial charge in [-0.05, 0) is 6.92 Å². The largest absolute Gasteiger partial charge is 0.362 e. The first-order valence-electron chi connectivity index (χ1n) is 4.80. The van der Waals surface area contributed by atoms with Gasteiger partial charge in [0, 0.05) is 18.8 Å². The van der Waals surface area contributed by atoms with Gasteiger partial charge in [0.05, 0.1) is 6.54 Å². The highest BCUT2D eigenvalue weighted by molar-refractivity contribution is 5.46. The number of hydrogen-bond donors (Lipinski definition) is 2. The Morgan fingerprint density at radius 1 is 1.38 bits per heavy atom. The molecule has 2 rings (SSSR count). The minimum atomic E-state index is 0.470. The molecule has 0 unspecified atom stereocenters. The Hall–Kier alpha value is -2.18. The number of hydrogen-bond acceptors (Lipinski definition) is 7. The molecule has 0 aliphatic heterocycles. The van der Waals surface area contributed by atoms with Crippen LogP contribution in [0.4, 0.5) is 11.8 Å². The van der Waals surface area contributed by atoms with Crippen LogP contribution in [0.25, 0.3) is 0 Å². The van der Waals surface area contributed by atoms with E-state index >= 15 is 0 Å². The van der Waals surface area contributed by atoms with E-state index in [1.165, 1.54) is 6.39 Å². The van der Waals surface area contributed by atoms with Crippen molar-refractivity contribution in [1.29, 1.82) is 0 Å². The number of nitrogens with zero attached hydrogens (tertiary/aromatic N) is 4. The summed E-state index contributed by atoms with van der Waals surface area (Å²) in [4.78, 5) is 12.3. The SMILES string of the molecule is CNc1ncc(C)c(NCc2ncon2)n1. The zero-order chi connectivity index (χ0) is 11.4. The first kappa shape index (κ1) is 10.3. The Labute approximate surface area is 92.3 Å². The Balaban J connectivity index is 2.08. The van der Waals surface area contributed by atoms with Crippen LogP contribution in [0.5, 0.6) is 0 Å². The summed E-state index contributed by atoms with van der Waals surface area (Å²) in [6.45, 7) is 2.40. The van der Waals surface area contributed by atoms with Crippen LogP contribution in [-0.4, -0.2) is 27.2 Å². The zero-order valence-electron chi connectivity index (χ0n) is 9.06. The van der Waals surface area contributed by atoms with Crippen molar-refractivity contribution in [2.24, 2.45) is 0 Å². The summed E-state index contributed by atoms with van der Waals surface area (Å²) in [5.41, 5.74) is 0.961. The fourth-order valence-corrected chi connectivity index (χ4v) is 1.17. The molecule has 0 bridgehead atoms. The fraction of sp³-hybridized carbons (Fsp3) is 0.333. The summed E-state index contributed by atoms with van der Waals surface area (Å²) in [5.74, 6) is 1.91. The predicted molar refractivity (Wildman–Crippen MR) is 57.9 cm³/mol. The molecule has 0 aromatic carbocycles. The van der Waals surface area contributed by atoms with Crippen molar-refractivity contribution in [3.05, 3.63) is 24.0 Å². The van der Waals surface area contributed by atoms with Crippen molar-refractivity contribution in [2.75, 3.05) is 17.7 Å². The molecule has 7 heteroatoms. The number of aromatic nitrogens is 4. The molecule has 0 amide bonds. The second kappa shape index (κ2) is 4.56. The fourth-order valence-electron chi connectivity index (χ4n) is 1.17. The Kier molecular flexibility index (Phi) is 2.95. The van der Waals surface area contributed by atoms with Gasteiger partial charge >= 0.3 is 0 Å². The van der Waals surface area contributed by atoms with Crippen molar-refractivity contribution in [1.82, 2.24) is 20.1 Å². The molecule has 0 aliphatic carbocycles. The number of aryl methyl sites for hydroxylation is 1. The molecule has 7 nitrogen and oxygen atoms in total. The zero-order valence-corrected chi connectivity index (χ0v) is 9.06. The minimum Gasteiger partial charge on any atom is -0.362 e. The third kappa shape index (κ3) is 2.25. The Morgan fingerprint density at radius 2 is 2.25 bits per heavy atom. The van der Waals surface area contributed by atoms with Crippen LogP contribution in [0, 0.1) is 6.92 Å². The van der Waals surface area contributed by atoms with E-state index in [1.807, 2.05) is 6.92 Å². The number of nitrogens with one attached hydrogen (secondary N) is 2. The van der Waals surface area contributed by atoms with Gasteiger partial charge < -0.3 is 15.2 Å². The third-order valence-electron chi connectivity index (χ3n) is 2.02. The maximum atomic E-state index is 4.63. The van der Waals surface area contributed by atoms with Gasteiger partial charge in [0.25, 0.3) is 0 Å². The molecule has 2 N–H and O–H groups in total. The van der Waals surface area contributed by atoms with Crippen molar-refractivity contribution in [3.8, 4) is 0 Å². The average molecular weight is 220 g/mol. The molecule has 84 valence electrons. The van der Waals surface area contributed by atoms with E-state index in [4.69, 9.17) is 0 Å². The normalized spacial score (nSPS) is 10.1. The predicted octanol–water partition coefficient (Wildman–Crippen LogP) is 0.822. The van der Waals surface area contributed by atoms with Crippen molar-refractivity contribution < 1.29 is 4.52 Å². The summed E-state index contributed by atoms with van der Waals surface area (Å²) in [5, 5.41) is 9.69. The quantitative estimate of drug-likeness (QED) is 0.788. The van der Waals surface area contributed by atoms with Crippen LogP contribution < -0.4 is 10.6 Å². The first-order valence-corrected chi connectivity index (χ1v) is 4.80. The van der Waals surface area contributed by atoms with Crippen molar-refractivity contribution >= 4 is 11.8 Å². The third-order valence-corrected chi connectivity index (χ3v) is 2.02. The monoisotopic (exact) mass is 220 g/mol. The molecular formula is C9H12N6O. The van der Waals surface area contributed by atoms with Gasteiger partial charge in [-0.15, -0.1) is 0 Å². The Bertz CT molecular complexity index is 455. The van der Waals surface area contributed by atoms with E-state index in [9.17, 15) is 0 Å². The van der Waals surface area contributed by atoms with E-state index < -0.39 is 0 Å². The van der Waals surface area contributed by atoms with Crippen molar-refractivity contribution in [3.63, 3.8) is 0 Å². The second-order valence-corrected chi connectivity index (χ2v) is 3.18. The first-order chi connectivity index (χ1) is 7.79. The van der Waals surface area contributed by atoms with Crippen LogP contribution in [-0.2, 0) is 6.54 Å². The van der Waals surface area contributed by atoms with Crippen LogP contribution in [0.3, 0.4) is 0 Å². The van der Waals surface area contributed by atoms with E-state index in [0.717, 1.165) is 11.4 Å². The molecule has 0 aliphatic rings. The highest BCUT2D eigenvalue weighted by Crippen LogP contribution is 2.12. The van der Waals surface area contributed by atoms with E-state index in [1.54, 1.807) is 13.2 Å². The highest BCUT2D eigenvalue weighted by atomic mass is 16.5. The molecule has 0 saturated heterocycles. The lowest BCUT2D eigenvalue weighted by atomic mass is 10.3. The Morgan fingerprint density at radius 3 is 2.94 bits per heavy atom. The van der Waals surface area contributed by atoms with Crippen LogP contribution in [0.1, 0.15) is 11.4 Å². The molecule has 0 atom stereocenters. The molecular weight excluding hydrogens is 208 g/mol. The summed E-state index contributed by atoms with van der Waals surface area (Å²) >= 11 is 0. The molecule has 2 aromatic heterocycles. The summed E-state index contributed by atoms with van der Waals surface area (Å²) < 4.78 is 4.63. The molecule has 0 radical (unpaired) electrons. The molecule has 0 spiro atoms. The maximum Gasteiger partial charge on any atom is 0.224 e. The smallest absolute Gasteiger partial charge is 0.224 e. The van der Waals surface area contributed by atoms with Gasteiger partial charge in [-0.3, -0.25) is 0 Å². The van der Waals surface area contributed by atoms with Gasteiger partial charge in [-0.2, -0.15) is 9.97 Å². The summed E-state index contributed by atoms with van der Waals surface area (Å²) in [6, 6.07) is 0. The lowest BCUT2D eigenvalue weighted by Gasteiger charge is -2.07. The van der Waals surface area contributed by atoms with Gasteiger partial charge in [-0.25, -0.2) is 4.98 Å². The number of rotatable bonds is 4. The molecule has 2 aromatic rings.